The van der Waals surface area contributed by atoms with Crippen LogP contribution in [0.5, 0.6) is 5.75 Å². The fourth-order valence-electron chi connectivity index (χ4n) is 2.25. The minimum atomic E-state index is -0.568. The molecule has 0 N–H and O–H groups in total. The van der Waals surface area contributed by atoms with Gasteiger partial charge in [-0.3, -0.25) is 4.79 Å². The lowest BCUT2D eigenvalue weighted by atomic mass is 10.1. The first-order valence-electron chi connectivity index (χ1n) is 8.28. The van der Waals surface area contributed by atoms with Gasteiger partial charge in [-0.1, -0.05) is 30.8 Å². The number of carbonyl (C=O) groups is 3. The van der Waals surface area contributed by atoms with Gasteiger partial charge in [0.15, 0.2) is 6.29 Å². The van der Waals surface area contributed by atoms with Crippen LogP contribution in [0.1, 0.15) is 31.8 Å². The van der Waals surface area contributed by atoms with E-state index in [0.717, 1.165) is 23.5 Å². The Hall–Kier alpha value is -3.41. The maximum Gasteiger partial charge on any atom is 0.338 e. The Morgan fingerprint density at radius 2 is 1.74 bits per heavy atom. The van der Waals surface area contributed by atoms with E-state index in [1.807, 2.05) is 19.1 Å². The summed E-state index contributed by atoms with van der Waals surface area (Å²) < 4.78 is 15.4. The van der Waals surface area contributed by atoms with Crippen LogP contribution in [-0.4, -0.2) is 31.4 Å². The van der Waals surface area contributed by atoms with Gasteiger partial charge in [-0.05, 0) is 36.2 Å². The first-order valence-corrected chi connectivity index (χ1v) is 8.28. The molecule has 0 fully saturated rings. The van der Waals surface area contributed by atoms with Crippen molar-refractivity contribution < 1.29 is 28.6 Å². The maximum atomic E-state index is 11.9. The number of hydrogen-bond acceptors (Lipinski definition) is 6. The Bertz CT molecular complexity index is 823. The second-order valence-corrected chi connectivity index (χ2v) is 5.60. The standard InChI is InChI=1S/C21H20O6/c1-3-20(23)25-11-12-26-21(24)17-9-7-16(8-10-17)14-27-19-6-4-5-15(2)18(19)13-22/h3-10,13H,1,11-12,14H2,2H3. The lowest BCUT2D eigenvalue weighted by Crippen LogP contribution is -2.13. The Morgan fingerprint density at radius 1 is 1.04 bits per heavy atom. The molecule has 0 aliphatic carbocycles. The third-order valence-corrected chi connectivity index (χ3v) is 3.71. The Morgan fingerprint density at radius 3 is 2.41 bits per heavy atom. The van der Waals surface area contributed by atoms with E-state index in [1.54, 1.807) is 30.3 Å². The first-order chi connectivity index (χ1) is 13.0. The van der Waals surface area contributed by atoms with E-state index >= 15 is 0 Å². The largest absolute Gasteiger partial charge is 0.488 e. The maximum absolute atomic E-state index is 11.9. The summed E-state index contributed by atoms with van der Waals surface area (Å²) in [7, 11) is 0. The Balaban J connectivity index is 1.87. The van der Waals surface area contributed by atoms with Crippen molar-refractivity contribution in [1.29, 1.82) is 0 Å². The van der Waals surface area contributed by atoms with Crippen molar-refractivity contribution in [3.8, 4) is 5.75 Å². The highest BCUT2D eigenvalue weighted by molar-refractivity contribution is 5.89. The topological polar surface area (TPSA) is 78.9 Å². The molecule has 0 saturated carbocycles. The summed E-state index contributed by atoms with van der Waals surface area (Å²) in [6.07, 6.45) is 1.81. The van der Waals surface area contributed by atoms with Gasteiger partial charge in [0.2, 0.25) is 0 Å². The SMILES string of the molecule is C=CC(=O)OCCOC(=O)c1ccc(COc2cccc(C)c2C=O)cc1. The minimum absolute atomic E-state index is 0.0297. The van der Waals surface area contributed by atoms with Crippen molar-refractivity contribution in [2.75, 3.05) is 13.2 Å². The molecule has 140 valence electrons. The van der Waals surface area contributed by atoms with Gasteiger partial charge >= 0.3 is 11.9 Å². The zero-order valence-electron chi connectivity index (χ0n) is 15.0. The summed E-state index contributed by atoms with van der Waals surface area (Å²) in [6, 6.07) is 12.1. The first kappa shape index (κ1) is 19.9. The molecule has 2 aromatic rings. The quantitative estimate of drug-likeness (QED) is 0.293. The molecule has 0 radical (unpaired) electrons. The van der Waals surface area contributed by atoms with Crippen LogP contribution in [0.3, 0.4) is 0 Å². The Labute approximate surface area is 157 Å². The van der Waals surface area contributed by atoms with E-state index in [9.17, 15) is 14.4 Å². The Kier molecular flexibility index (Phi) is 7.31. The summed E-state index contributed by atoms with van der Waals surface area (Å²) in [5.74, 6) is -0.566. The number of hydrogen-bond donors (Lipinski definition) is 0. The van der Waals surface area contributed by atoms with Gasteiger partial charge in [0.1, 0.15) is 25.6 Å². The third-order valence-electron chi connectivity index (χ3n) is 3.71. The lowest BCUT2D eigenvalue weighted by molar-refractivity contribution is -0.138. The molecule has 0 aromatic heterocycles. The molecule has 0 bridgehead atoms. The van der Waals surface area contributed by atoms with E-state index in [0.29, 0.717) is 16.9 Å². The van der Waals surface area contributed by atoms with E-state index < -0.39 is 11.9 Å². The molecular formula is C21H20O6. The van der Waals surface area contributed by atoms with Gasteiger partial charge in [0, 0.05) is 6.08 Å². The average Bonchev–Trinajstić information content (AvgIpc) is 2.69. The lowest BCUT2D eigenvalue weighted by Gasteiger charge is -2.10. The molecule has 0 spiro atoms. The number of benzene rings is 2. The molecule has 6 heteroatoms. The fourth-order valence-corrected chi connectivity index (χ4v) is 2.25. The smallest absolute Gasteiger partial charge is 0.338 e. The number of aryl methyl sites for hydroxylation is 1. The number of carbonyl (C=O) groups excluding carboxylic acids is 3. The van der Waals surface area contributed by atoms with E-state index in [4.69, 9.17) is 14.2 Å². The highest BCUT2D eigenvalue weighted by Gasteiger charge is 2.09. The van der Waals surface area contributed by atoms with Crippen molar-refractivity contribution in [2.45, 2.75) is 13.5 Å². The molecule has 0 unspecified atom stereocenters. The van der Waals surface area contributed by atoms with Gasteiger partial charge < -0.3 is 14.2 Å². The molecule has 0 amide bonds. The molecule has 0 aliphatic heterocycles. The molecule has 0 atom stereocenters. The summed E-state index contributed by atoms with van der Waals surface area (Å²) in [6.45, 7) is 5.31. The van der Waals surface area contributed by atoms with Crippen LogP contribution in [0.2, 0.25) is 0 Å². The molecule has 0 saturated heterocycles. The van der Waals surface area contributed by atoms with Crippen LogP contribution in [0.15, 0.2) is 55.1 Å². The van der Waals surface area contributed by atoms with Crippen LogP contribution in [0.25, 0.3) is 0 Å². The van der Waals surface area contributed by atoms with E-state index in [1.165, 1.54) is 0 Å². The monoisotopic (exact) mass is 368 g/mol. The van der Waals surface area contributed by atoms with Gasteiger partial charge in [0.25, 0.3) is 0 Å². The van der Waals surface area contributed by atoms with Crippen molar-refractivity contribution in [2.24, 2.45) is 0 Å². The molecule has 0 aliphatic rings. The predicted molar refractivity (Wildman–Crippen MR) is 98.8 cm³/mol. The van der Waals surface area contributed by atoms with Crippen molar-refractivity contribution >= 4 is 18.2 Å². The van der Waals surface area contributed by atoms with Gasteiger partial charge in [-0.25, -0.2) is 9.59 Å². The second-order valence-electron chi connectivity index (χ2n) is 5.60. The van der Waals surface area contributed by atoms with Crippen molar-refractivity contribution in [3.63, 3.8) is 0 Å². The summed E-state index contributed by atoms with van der Waals surface area (Å²) in [4.78, 5) is 34.0. The van der Waals surface area contributed by atoms with E-state index in [-0.39, 0.29) is 19.8 Å². The predicted octanol–water partition coefficient (Wildman–Crippen LogP) is 3.27. The zero-order chi connectivity index (χ0) is 19.6. The van der Waals surface area contributed by atoms with Crippen LogP contribution < -0.4 is 4.74 Å². The number of ether oxygens (including phenoxy) is 3. The molecule has 2 aromatic carbocycles. The molecule has 0 heterocycles. The summed E-state index contributed by atoms with van der Waals surface area (Å²) >= 11 is 0. The van der Waals surface area contributed by atoms with Crippen molar-refractivity contribution in [3.05, 3.63) is 77.4 Å². The normalized spacial score (nSPS) is 9.96. The molecular weight excluding hydrogens is 348 g/mol. The molecule has 2 rings (SSSR count). The zero-order valence-corrected chi connectivity index (χ0v) is 15.0. The summed E-state index contributed by atoms with van der Waals surface area (Å²) in [5.41, 5.74) is 2.58. The van der Waals surface area contributed by atoms with Crippen LogP contribution in [0, 0.1) is 6.92 Å². The number of esters is 2. The number of rotatable bonds is 9. The highest BCUT2D eigenvalue weighted by Crippen LogP contribution is 2.21. The van der Waals surface area contributed by atoms with Crippen LogP contribution >= 0.6 is 0 Å². The molecule has 6 nitrogen and oxygen atoms in total. The second kappa shape index (κ2) is 9.91. The third kappa shape index (κ3) is 5.81. The van der Waals surface area contributed by atoms with Crippen LogP contribution in [-0.2, 0) is 20.9 Å². The molecule has 27 heavy (non-hydrogen) atoms. The van der Waals surface area contributed by atoms with Gasteiger partial charge in [-0.2, -0.15) is 0 Å². The van der Waals surface area contributed by atoms with Gasteiger partial charge in [0.05, 0.1) is 11.1 Å². The number of aldehydes is 1. The minimum Gasteiger partial charge on any atom is -0.488 e. The fraction of sp³-hybridized carbons (Fsp3) is 0.190. The van der Waals surface area contributed by atoms with Gasteiger partial charge in [-0.15, -0.1) is 0 Å². The summed E-state index contributed by atoms with van der Waals surface area (Å²) in [5, 5.41) is 0. The highest BCUT2D eigenvalue weighted by atomic mass is 16.6. The van der Waals surface area contributed by atoms with Crippen LogP contribution in [0.4, 0.5) is 0 Å². The van der Waals surface area contributed by atoms with Crippen molar-refractivity contribution in [1.82, 2.24) is 0 Å². The van der Waals surface area contributed by atoms with E-state index in [2.05, 4.69) is 6.58 Å². The average molecular weight is 368 g/mol.